The van der Waals surface area contributed by atoms with Crippen molar-refractivity contribution in [3.05, 3.63) is 53.1 Å². The van der Waals surface area contributed by atoms with E-state index in [4.69, 9.17) is 19.5 Å². The van der Waals surface area contributed by atoms with E-state index < -0.39 is 43.9 Å². The van der Waals surface area contributed by atoms with Gasteiger partial charge in [0.15, 0.2) is 0 Å². The van der Waals surface area contributed by atoms with Gasteiger partial charge in [0.05, 0.1) is 19.8 Å². The highest BCUT2D eigenvalue weighted by atomic mass is 31.2. The van der Waals surface area contributed by atoms with E-state index in [0.717, 1.165) is 0 Å². The summed E-state index contributed by atoms with van der Waals surface area (Å²) in [6, 6.07) is 8.67. The van der Waals surface area contributed by atoms with Crippen LogP contribution in [0.3, 0.4) is 0 Å². The van der Waals surface area contributed by atoms with Crippen LogP contribution in [-0.4, -0.2) is 52.6 Å². The fourth-order valence-corrected chi connectivity index (χ4v) is 4.53. The Labute approximate surface area is 183 Å². The highest BCUT2D eigenvalue weighted by Crippen LogP contribution is 2.45. The number of ether oxygens (including phenoxy) is 2. The van der Waals surface area contributed by atoms with Gasteiger partial charge in [-0.05, 0) is 25.1 Å². The Balaban J connectivity index is 1.71. The highest BCUT2D eigenvalue weighted by Gasteiger charge is 2.39. The quantitative estimate of drug-likeness (QED) is 0.353. The second kappa shape index (κ2) is 10.2. The van der Waals surface area contributed by atoms with E-state index >= 15 is 0 Å². The Kier molecular flexibility index (Phi) is 7.64. The van der Waals surface area contributed by atoms with Crippen molar-refractivity contribution in [2.45, 2.75) is 37.8 Å². The molecule has 2 unspecified atom stereocenters. The number of carbonyl (C=O) groups excluding carboxylic acids is 1. The molecule has 5 atom stereocenters. The van der Waals surface area contributed by atoms with Crippen LogP contribution in [0.2, 0.25) is 0 Å². The largest absolute Gasteiger partial charge is 0.468 e. The van der Waals surface area contributed by atoms with Crippen molar-refractivity contribution in [2.24, 2.45) is 0 Å². The van der Waals surface area contributed by atoms with E-state index in [1.807, 2.05) is 0 Å². The Hall–Kier alpha value is -2.76. The molecule has 0 spiro atoms. The van der Waals surface area contributed by atoms with Crippen molar-refractivity contribution in [3.8, 4) is 5.75 Å². The number of hydrogen-bond donors (Lipinski definition) is 3. The van der Waals surface area contributed by atoms with Gasteiger partial charge in [-0.1, -0.05) is 18.2 Å². The van der Waals surface area contributed by atoms with E-state index in [9.17, 15) is 19.3 Å². The van der Waals surface area contributed by atoms with Gasteiger partial charge in [0.1, 0.15) is 29.9 Å². The molecular weight excluding hydrogens is 443 g/mol. The summed E-state index contributed by atoms with van der Waals surface area (Å²) >= 11 is 0. The van der Waals surface area contributed by atoms with Gasteiger partial charge >= 0.3 is 19.4 Å². The number of anilines is 1. The number of aliphatic hydroxyl groups is 1. The van der Waals surface area contributed by atoms with Crippen LogP contribution in [-0.2, 0) is 23.4 Å². The summed E-state index contributed by atoms with van der Waals surface area (Å²) in [5.74, 6) is -0.363. The molecule has 3 rings (SSSR count). The van der Waals surface area contributed by atoms with Gasteiger partial charge in [-0.25, -0.2) is 9.36 Å². The van der Waals surface area contributed by atoms with Crippen molar-refractivity contribution in [1.82, 2.24) is 14.6 Å². The van der Waals surface area contributed by atoms with Crippen LogP contribution >= 0.6 is 7.75 Å². The van der Waals surface area contributed by atoms with Gasteiger partial charge < -0.3 is 24.8 Å². The first-order valence-corrected chi connectivity index (χ1v) is 11.3. The molecule has 32 heavy (non-hydrogen) atoms. The lowest BCUT2D eigenvalue weighted by molar-refractivity contribution is -0.142. The molecule has 1 aromatic heterocycles. The Morgan fingerprint density at radius 2 is 2.12 bits per heavy atom. The van der Waals surface area contributed by atoms with Crippen LogP contribution in [0, 0.1) is 0 Å². The molecule has 4 N–H and O–H groups in total. The van der Waals surface area contributed by atoms with Crippen molar-refractivity contribution < 1.29 is 33.0 Å². The minimum atomic E-state index is -4.09. The molecule has 1 aliphatic heterocycles. The van der Waals surface area contributed by atoms with Crippen LogP contribution < -0.4 is 21.0 Å². The number of rotatable bonds is 9. The third kappa shape index (κ3) is 5.93. The molecule has 0 amide bonds. The summed E-state index contributed by atoms with van der Waals surface area (Å²) in [7, 11) is -2.89. The van der Waals surface area contributed by atoms with E-state index in [0.29, 0.717) is 0 Å². The number of benzene rings is 1. The molecule has 0 aliphatic carbocycles. The molecule has 1 aromatic carbocycles. The number of nitrogens with zero attached hydrogens (tertiary/aromatic N) is 2. The standard InChI is InChI=1S/C19H25N4O8P/c1-12(18(25)28-2)22-32(27,31-13-6-4-3-5-7-13)29-11-15-14(24)10-17(30-15)23-9-8-16(20)21-19(23)26/h3-9,12,14-15,17,24H,10-11H2,1-2H3,(H,22,27)(H2,20,21,26)/t12-,14+,15?,17+,32?/m0/s1. The molecule has 12 nitrogen and oxygen atoms in total. The summed E-state index contributed by atoms with van der Waals surface area (Å²) in [4.78, 5) is 27.4. The first-order chi connectivity index (χ1) is 15.2. The lowest BCUT2D eigenvalue weighted by Gasteiger charge is -2.24. The van der Waals surface area contributed by atoms with Gasteiger partial charge in [0.2, 0.25) is 0 Å². The maximum Gasteiger partial charge on any atom is 0.459 e. The van der Waals surface area contributed by atoms with Gasteiger partial charge in [-0.3, -0.25) is 13.9 Å². The fourth-order valence-electron chi connectivity index (χ4n) is 3.03. The average molecular weight is 468 g/mol. The zero-order chi connectivity index (χ0) is 23.3. The van der Waals surface area contributed by atoms with Crippen molar-refractivity contribution in [1.29, 1.82) is 0 Å². The first-order valence-electron chi connectivity index (χ1n) is 9.74. The number of esters is 1. The smallest absolute Gasteiger partial charge is 0.459 e. The molecule has 0 radical (unpaired) electrons. The predicted octanol–water partition coefficient (Wildman–Crippen LogP) is 0.829. The van der Waals surface area contributed by atoms with E-state index in [2.05, 4.69) is 14.8 Å². The number of hydrogen-bond acceptors (Lipinski definition) is 10. The molecule has 0 bridgehead atoms. The summed E-state index contributed by atoms with van der Waals surface area (Å²) in [5.41, 5.74) is 4.86. The van der Waals surface area contributed by atoms with Gasteiger partial charge in [0.25, 0.3) is 0 Å². The van der Waals surface area contributed by atoms with Crippen LogP contribution in [0.25, 0.3) is 0 Å². The fraction of sp³-hybridized carbons (Fsp3) is 0.421. The molecule has 1 saturated heterocycles. The highest BCUT2D eigenvalue weighted by molar-refractivity contribution is 7.52. The van der Waals surface area contributed by atoms with Crippen molar-refractivity contribution in [2.75, 3.05) is 19.5 Å². The van der Waals surface area contributed by atoms with Gasteiger partial charge in [-0.15, -0.1) is 0 Å². The molecule has 0 saturated carbocycles. The molecule has 1 aliphatic rings. The van der Waals surface area contributed by atoms with Crippen LogP contribution in [0.4, 0.5) is 5.82 Å². The second-order valence-electron chi connectivity index (χ2n) is 7.05. The summed E-state index contributed by atoms with van der Waals surface area (Å²) in [5, 5.41) is 12.9. The van der Waals surface area contributed by atoms with Gasteiger partial charge in [-0.2, -0.15) is 10.1 Å². The molecule has 2 heterocycles. The van der Waals surface area contributed by atoms with Crippen molar-refractivity contribution in [3.63, 3.8) is 0 Å². The Bertz CT molecular complexity index is 1030. The zero-order valence-corrected chi connectivity index (χ0v) is 18.4. The number of para-hydroxylation sites is 1. The zero-order valence-electron chi connectivity index (χ0n) is 17.5. The molecule has 1 fully saturated rings. The third-order valence-corrected chi connectivity index (χ3v) is 6.29. The third-order valence-electron chi connectivity index (χ3n) is 4.65. The predicted molar refractivity (Wildman–Crippen MR) is 113 cm³/mol. The Morgan fingerprint density at radius 3 is 2.78 bits per heavy atom. The normalized spacial score (nSPS) is 23.3. The maximum atomic E-state index is 13.3. The molecular formula is C19H25N4O8P. The molecule has 13 heteroatoms. The maximum absolute atomic E-state index is 13.3. The van der Waals surface area contributed by atoms with Crippen LogP contribution in [0.5, 0.6) is 5.75 Å². The number of nitrogens with two attached hydrogens (primary N) is 1. The Morgan fingerprint density at radius 1 is 1.41 bits per heavy atom. The number of carbonyl (C=O) groups is 1. The minimum absolute atomic E-state index is 0.0643. The lowest BCUT2D eigenvalue weighted by Crippen LogP contribution is -2.36. The van der Waals surface area contributed by atoms with E-state index in [-0.39, 0.29) is 24.6 Å². The topological polar surface area (TPSA) is 164 Å². The number of nitrogens with one attached hydrogen (secondary N) is 1. The summed E-state index contributed by atoms with van der Waals surface area (Å²) < 4.78 is 35.9. The summed E-state index contributed by atoms with van der Waals surface area (Å²) in [6.45, 7) is 1.09. The van der Waals surface area contributed by atoms with E-state index in [1.54, 1.807) is 30.3 Å². The first kappa shape index (κ1) is 23.9. The monoisotopic (exact) mass is 468 g/mol. The second-order valence-corrected chi connectivity index (χ2v) is 8.74. The number of aromatic nitrogens is 2. The molecule has 2 aromatic rings. The lowest BCUT2D eigenvalue weighted by atomic mass is 10.2. The van der Waals surface area contributed by atoms with E-state index in [1.165, 1.54) is 30.9 Å². The van der Waals surface area contributed by atoms with Crippen LogP contribution in [0.15, 0.2) is 47.4 Å². The molecule has 174 valence electrons. The number of methoxy groups -OCH3 is 1. The van der Waals surface area contributed by atoms with Crippen LogP contribution in [0.1, 0.15) is 19.6 Å². The van der Waals surface area contributed by atoms with Crippen molar-refractivity contribution >= 4 is 19.5 Å². The van der Waals surface area contributed by atoms with Gasteiger partial charge in [0, 0.05) is 12.6 Å². The number of aliphatic hydroxyl groups excluding tert-OH is 1. The SMILES string of the molecule is COC(=O)[C@H](C)NP(=O)(OCC1O[C@@H](n2ccc(N)nc2=O)C[C@H]1O)Oc1ccccc1. The number of nitrogen functional groups attached to an aromatic ring is 1. The average Bonchev–Trinajstić information content (AvgIpc) is 3.12. The minimum Gasteiger partial charge on any atom is -0.468 e. The summed E-state index contributed by atoms with van der Waals surface area (Å²) in [6.07, 6.45) is -1.26.